The number of nitrogens with one attached hydrogen (secondary N) is 2. The first-order valence-corrected chi connectivity index (χ1v) is 13.4. The van der Waals surface area contributed by atoms with Gasteiger partial charge in [0.05, 0.1) is 23.7 Å². The Hall–Kier alpha value is -2.74. The standard InChI is InChI=1S/C24H28F3N5O4S/c1-23(2)35-13-16(36-23)12-29-37(33,34)19-8-9-20(24(25,26)27)31-21(19)28-11-14-4-7-18-17(10-14)30-22(32(18)3)15-5-6-15/h4,7-10,15-16,29H,5-6,11-13H2,1-3H3,(H,28,31)/t16-/m0/s1. The lowest BCUT2D eigenvalue weighted by atomic mass is 10.2. The third kappa shape index (κ3) is 5.59. The fourth-order valence-corrected chi connectivity index (χ4v) is 5.54. The minimum atomic E-state index is -4.74. The van der Waals surface area contributed by atoms with E-state index in [9.17, 15) is 21.6 Å². The van der Waals surface area contributed by atoms with Crippen LogP contribution in [0, 0.1) is 0 Å². The van der Waals surface area contributed by atoms with E-state index in [1.807, 2.05) is 25.2 Å². The number of ether oxygens (including phenoxy) is 2. The number of hydrogen-bond acceptors (Lipinski definition) is 7. The molecule has 0 radical (unpaired) electrons. The summed E-state index contributed by atoms with van der Waals surface area (Å²) in [5.74, 6) is 0.235. The second-order valence-corrected chi connectivity index (χ2v) is 11.6. The molecule has 1 saturated carbocycles. The topological polar surface area (TPSA) is 107 Å². The average molecular weight is 540 g/mol. The lowest BCUT2D eigenvalue weighted by molar-refractivity contribution is -0.141. The number of fused-ring (bicyclic) bond motifs is 1. The largest absolute Gasteiger partial charge is 0.433 e. The summed E-state index contributed by atoms with van der Waals surface area (Å²) < 4.78 is 81.7. The zero-order valence-corrected chi connectivity index (χ0v) is 21.4. The molecule has 0 amide bonds. The van der Waals surface area contributed by atoms with Gasteiger partial charge in [-0.15, -0.1) is 0 Å². The first-order chi connectivity index (χ1) is 17.3. The molecule has 0 unspecified atom stereocenters. The summed E-state index contributed by atoms with van der Waals surface area (Å²) in [5, 5.41) is 2.79. The molecule has 1 saturated heterocycles. The number of hydrogen-bond donors (Lipinski definition) is 2. The van der Waals surface area contributed by atoms with E-state index in [4.69, 9.17) is 14.5 Å². The summed E-state index contributed by atoms with van der Waals surface area (Å²) in [5.41, 5.74) is 1.26. The molecule has 0 spiro atoms. The Balaban J connectivity index is 1.38. The molecule has 5 rings (SSSR count). The van der Waals surface area contributed by atoms with Gasteiger partial charge >= 0.3 is 6.18 Å². The third-order valence-corrected chi connectivity index (χ3v) is 7.84. The Morgan fingerprint density at radius 2 is 1.92 bits per heavy atom. The molecule has 1 atom stereocenters. The van der Waals surface area contributed by atoms with E-state index in [0.717, 1.165) is 41.3 Å². The molecule has 1 aliphatic heterocycles. The number of alkyl halides is 3. The number of nitrogens with zero attached hydrogens (tertiary/aromatic N) is 3. The van der Waals surface area contributed by atoms with Crippen LogP contribution in [0.1, 0.15) is 49.7 Å². The summed E-state index contributed by atoms with van der Waals surface area (Å²) in [6.45, 7) is 3.54. The van der Waals surface area contributed by atoms with Crippen LogP contribution in [0.3, 0.4) is 0 Å². The van der Waals surface area contributed by atoms with Gasteiger partial charge in [-0.1, -0.05) is 6.07 Å². The Bertz CT molecular complexity index is 1430. The van der Waals surface area contributed by atoms with Crippen molar-refractivity contribution in [2.45, 2.75) is 62.1 Å². The van der Waals surface area contributed by atoms with Crippen LogP contribution in [0.5, 0.6) is 0 Å². The van der Waals surface area contributed by atoms with Gasteiger partial charge < -0.3 is 19.4 Å². The Morgan fingerprint density at radius 1 is 1.16 bits per heavy atom. The highest BCUT2D eigenvalue weighted by molar-refractivity contribution is 7.89. The third-order valence-electron chi connectivity index (χ3n) is 6.39. The second-order valence-electron chi connectivity index (χ2n) is 9.82. The highest BCUT2D eigenvalue weighted by atomic mass is 32.2. The monoisotopic (exact) mass is 539 g/mol. The molecule has 2 fully saturated rings. The maximum absolute atomic E-state index is 13.4. The second kappa shape index (κ2) is 9.22. The summed E-state index contributed by atoms with van der Waals surface area (Å²) >= 11 is 0. The number of rotatable bonds is 8. The van der Waals surface area contributed by atoms with Crippen molar-refractivity contribution < 1.29 is 31.1 Å². The molecule has 1 aromatic carbocycles. The molecule has 200 valence electrons. The van der Waals surface area contributed by atoms with Crippen LogP contribution in [0.15, 0.2) is 35.2 Å². The quantitative estimate of drug-likeness (QED) is 0.447. The molecule has 9 nitrogen and oxygen atoms in total. The minimum Gasteiger partial charge on any atom is -0.365 e. The fraction of sp³-hybridized carbons (Fsp3) is 0.500. The van der Waals surface area contributed by atoms with Crippen molar-refractivity contribution in [3.8, 4) is 0 Å². The number of halogens is 3. The van der Waals surface area contributed by atoms with Gasteiger partial charge in [0, 0.05) is 26.1 Å². The van der Waals surface area contributed by atoms with Gasteiger partial charge in [-0.2, -0.15) is 13.2 Å². The number of sulfonamides is 1. The molecule has 3 aromatic rings. The van der Waals surface area contributed by atoms with Crippen molar-refractivity contribution in [3.63, 3.8) is 0 Å². The van der Waals surface area contributed by atoms with E-state index in [-0.39, 0.29) is 19.7 Å². The number of pyridine rings is 1. The zero-order chi connectivity index (χ0) is 26.6. The van der Waals surface area contributed by atoms with Crippen molar-refractivity contribution in [1.29, 1.82) is 0 Å². The smallest absolute Gasteiger partial charge is 0.365 e. The van der Waals surface area contributed by atoms with Gasteiger partial charge in [-0.05, 0) is 56.5 Å². The highest BCUT2D eigenvalue weighted by Gasteiger charge is 2.36. The van der Waals surface area contributed by atoms with Crippen molar-refractivity contribution in [3.05, 3.63) is 47.4 Å². The number of imidazole rings is 1. The van der Waals surface area contributed by atoms with Crippen LogP contribution < -0.4 is 10.0 Å². The van der Waals surface area contributed by atoms with Gasteiger partial charge in [0.1, 0.15) is 22.2 Å². The maximum atomic E-state index is 13.4. The molecule has 2 N–H and O–H groups in total. The molecule has 37 heavy (non-hydrogen) atoms. The summed E-state index contributed by atoms with van der Waals surface area (Å²) in [6, 6.07) is 7.12. The van der Waals surface area contributed by atoms with Crippen LogP contribution in [0.25, 0.3) is 11.0 Å². The van der Waals surface area contributed by atoms with Crippen LogP contribution in [0.4, 0.5) is 19.0 Å². The number of aromatic nitrogens is 3. The minimum absolute atomic E-state index is 0.0515. The average Bonchev–Trinajstić information content (AvgIpc) is 3.54. The first-order valence-electron chi connectivity index (χ1n) is 11.9. The van der Waals surface area contributed by atoms with E-state index in [2.05, 4.69) is 19.6 Å². The summed E-state index contributed by atoms with van der Waals surface area (Å²) in [4.78, 5) is 7.92. The molecule has 2 aromatic heterocycles. The summed E-state index contributed by atoms with van der Waals surface area (Å²) in [6.07, 6.45) is -3.06. The molecular formula is C24H28F3N5O4S. The van der Waals surface area contributed by atoms with Crippen molar-refractivity contribution in [2.24, 2.45) is 7.05 Å². The normalized spacial score (nSPS) is 20.0. The van der Waals surface area contributed by atoms with Crippen molar-refractivity contribution in [1.82, 2.24) is 19.3 Å². The number of anilines is 1. The molecule has 2 aliphatic rings. The lowest BCUT2D eigenvalue weighted by Crippen LogP contribution is -2.35. The Labute approximate surface area is 212 Å². The van der Waals surface area contributed by atoms with E-state index in [0.29, 0.717) is 12.0 Å². The molecule has 13 heteroatoms. The summed E-state index contributed by atoms with van der Waals surface area (Å²) in [7, 11) is -2.26. The van der Waals surface area contributed by atoms with E-state index < -0.39 is 44.5 Å². The van der Waals surface area contributed by atoms with Gasteiger partial charge in [0.15, 0.2) is 5.79 Å². The van der Waals surface area contributed by atoms with Crippen LogP contribution in [-0.4, -0.2) is 48.0 Å². The van der Waals surface area contributed by atoms with Gasteiger partial charge in [-0.25, -0.2) is 23.1 Å². The Kier molecular flexibility index (Phi) is 6.45. The van der Waals surface area contributed by atoms with E-state index in [1.54, 1.807) is 13.8 Å². The van der Waals surface area contributed by atoms with Crippen LogP contribution >= 0.6 is 0 Å². The number of aryl methyl sites for hydroxylation is 1. The predicted molar refractivity (Wildman–Crippen MR) is 129 cm³/mol. The molecule has 3 heterocycles. The van der Waals surface area contributed by atoms with Gasteiger partial charge in [0.25, 0.3) is 0 Å². The number of benzene rings is 1. The lowest BCUT2D eigenvalue weighted by Gasteiger charge is -2.18. The predicted octanol–water partition coefficient (Wildman–Crippen LogP) is 3.91. The highest BCUT2D eigenvalue weighted by Crippen LogP contribution is 2.40. The molecular weight excluding hydrogens is 511 g/mol. The van der Waals surface area contributed by atoms with Gasteiger partial charge in [-0.3, -0.25) is 0 Å². The van der Waals surface area contributed by atoms with Crippen molar-refractivity contribution >= 4 is 26.9 Å². The Morgan fingerprint density at radius 3 is 2.57 bits per heavy atom. The van der Waals surface area contributed by atoms with Crippen molar-refractivity contribution in [2.75, 3.05) is 18.5 Å². The molecule has 1 aliphatic carbocycles. The van der Waals surface area contributed by atoms with E-state index >= 15 is 0 Å². The van der Waals surface area contributed by atoms with E-state index in [1.165, 1.54) is 0 Å². The van der Waals surface area contributed by atoms with Crippen LogP contribution in [0.2, 0.25) is 0 Å². The molecule has 0 bridgehead atoms. The van der Waals surface area contributed by atoms with Crippen LogP contribution in [-0.2, 0) is 39.3 Å². The SMILES string of the molecule is Cn1c(C2CC2)nc2cc(CNc3nc(C(F)(F)F)ccc3S(=O)(=O)NC[C@H]3COC(C)(C)O3)ccc21. The zero-order valence-electron chi connectivity index (χ0n) is 20.6. The van der Waals surface area contributed by atoms with Gasteiger partial charge in [0.2, 0.25) is 10.0 Å². The first kappa shape index (κ1) is 25.9. The fourth-order valence-electron chi connectivity index (χ4n) is 4.36. The maximum Gasteiger partial charge on any atom is 0.433 e.